The van der Waals surface area contributed by atoms with Crippen LogP contribution in [0.3, 0.4) is 0 Å². The van der Waals surface area contributed by atoms with E-state index in [9.17, 15) is 5.21 Å². The van der Waals surface area contributed by atoms with Crippen molar-refractivity contribution in [3.63, 3.8) is 0 Å². The van der Waals surface area contributed by atoms with E-state index in [0.717, 1.165) is 9.95 Å². The maximum atomic E-state index is 10.1. The molecule has 2 N–H and O–H groups in total. The summed E-state index contributed by atoms with van der Waals surface area (Å²) in [4.78, 5) is 0. The van der Waals surface area contributed by atoms with Gasteiger partial charge in [0.05, 0.1) is 0 Å². The van der Waals surface area contributed by atoms with Crippen LogP contribution in [0.2, 0.25) is 0 Å². The van der Waals surface area contributed by atoms with E-state index in [-0.39, 0.29) is 0 Å². The predicted molar refractivity (Wildman–Crippen MR) is 39.1 cm³/mol. The van der Waals surface area contributed by atoms with Crippen LogP contribution in [0, 0.1) is 5.21 Å². The van der Waals surface area contributed by atoms with Crippen molar-refractivity contribution in [2.75, 3.05) is 0 Å². The fourth-order valence-corrected chi connectivity index (χ4v) is 0.997. The summed E-state index contributed by atoms with van der Waals surface area (Å²) in [6.07, 6.45) is 0. The highest BCUT2D eigenvalue weighted by Gasteiger charge is 1.88. The highest BCUT2D eigenvalue weighted by molar-refractivity contribution is 9.10. The molecule has 0 radical (unpaired) electrons. The van der Waals surface area contributed by atoms with Gasteiger partial charge >= 0.3 is 0 Å². The van der Waals surface area contributed by atoms with E-state index in [1.165, 1.54) is 0 Å². The molecular formula is C6H6BrNO. The van der Waals surface area contributed by atoms with Crippen LogP contribution in [0.25, 0.3) is 0 Å². The molecule has 48 valence electrons. The number of nitrogens with two attached hydrogens (primary N) is 1. The molecule has 0 heterocycles. The van der Waals surface area contributed by atoms with Crippen LogP contribution in [0.1, 0.15) is 0 Å². The minimum atomic E-state index is 0.698. The van der Waals surface area contributed by atoms with Crippen molar-refractivity contribution in [3.8, 4) is 0 Å². The first-order valence-corrected chi connectivity index (χ1v) is 3.33. The van der Waals surface area contributed by atoms with Crippen molar-refractivity contribution in [3.05, 3.63) is 33.9 Å². The van der Waals surface area contributed by atoms with E-state index in [2.05, 4.69) is 15.9 Å². The lowest BCUT2D eigenvalue weighted by Gasteiger charge is -1.99. The fourth-order valence-electron chi connectivity index (χ4n) is 0.580. The third kappa shape index (κ3) is 1.78. The minimum absolute atomic E-state index is 0.698. The van der Waals surface area contributed by atoms with Gasteiger partial charge in [0.1, 0.15) is 5.69 Å². The molecule has 1 rings (SSSR count). The molecule has 0 unspecified atom stereocenters. The standard InChI is InChI=1S/C6H6BrNO/c7-5-2-1-3-6(4-5)8-9/h1-4H,8H2. The summed E-state index contributed by atoms with van der Waals surface area (Å²) >= 11 is 3.24. The molecule has 9 heavy (non-hydrogen) atoms. The highest BCUT2D eigenvalue weighted by Crippen LogP contribution is 2.11. The normalized spacial score (nSPS) is 9.56. The molecule has 0 spiro atoms. The summed E-state index contributed by atoms with van der Waals surface area (Å²) in [6, 6.07) is 7.24. The Morgan fingerprint density at radius 3 is 2.67 bits per heavy atom. The maximum Gasteiger partial charge on any atom is 0.130 e. The Morgan fingerprint density at radius 2 is 2.22 bits per heavy atom. The van der Waals surface area contributed by atoms with E-state index in [1.54, 1.807) is 12.1 Å². The molecule has 0 bridgehead atoms. The number of quaternary nitrogens is 1. The van der Waals surface area contributed by atoms with Gasteiger partial charge in [-0.05, 0) is 12.1 Å². The van der Waals surface area contributed by atoms with Gasteiger partial charge in [-0.3, -0.25) is 0 Å². The van der Waals surface area contributed by atoms with Gasteiger partial charge in [-0.15, -0.1) is 0 Å². The van der Waals surface area contributed by atoms with E-state index in [0.29, 0.717) is 5.69 Å². The molecule has 0 aliphatic rings. The first-order chi connectivity index (χ1) is 4.33. The van der Waals surface area contributed by atoms with Gasteiger partial charge in [0, 0.05) is 10.5 Å². The molecule has 1 aromatic carbocycles. The quantitative estimate of drug-likeness (QED) is 0.520. The zero-order chi connectivity index (χ0) is 6.69. The Labute approximate surface area is 61.6 Å². The molecule has 0 aliphatic heterocycles. The van der Waals surface area contributed by atoms with Crippen molar-refractivity contribution in [2.45, 2.75) is 0 Å². The second-order valence-electron chi connectivity index (χ2n) is 1.67. The molecule has 0 amide bonds. The average molecular weight is 188 g/mol. The summed E-state index contributed by atoms with van der Waals surface area (Å²) < 4.78 is 0.937. The largest absolute Gasteiger partial charge is 0.630 e. The van der Waals surface area contributed by atoms with E-state index in [4.69, 9.17) is 0 Å². The smallest absolute Gasteiger partial charge is 0.130 e. The van der Waals surface area contributed by atoms with Gasteiger partial charge in [-0.2, -0.15) is 0 Å². The van der Waals surface area contributed by atoms with E-state index >= 15 is 0 Å². The molecule has 0 saturated heterocycles. The summed E-state index contributed by atoms with van der Waals surface area (Å²) in [6.45, 7) is 0. The van der Waals surface area contributed by atoms with Crippen LogP contribution in [0.4, 0.5) is 5.69 Å². The molecule has 3 heteroatoms. The number of halogens is 1. The number of hydrogen-bond acceptors (Lipinski definition) is 1. The lowest BCUT2D eigenvalue weighted by molar-refractivity contribution is -0.497. The van der Waals surface area contributed by atoms with Crippen LogP contribution in [0.15, 0.2) is 28.7 Å². The summed E-state index contributed by atoms with van der Waals surface area (Å²) in [5, 5.41) is 10.1. The zero-order valence-electron chi connectivity index (χ0n) is 4.67. The maximum absolute atomic E-state index is 10.1. The average Bonchev–Trinajstić information content (AvgIpc) is 1.88. The molecule has 0 aliphatic carbocycles. The van der Waals surface area contributed by atoms with E-state index < -0.39 is 0 Å². The number of hydrogen-bond donors (Lipinski definition) is 1. The van der Waals surface area contributed by atoms with Crippen molar-refractivity contribution in [2.24, 2.45) is 0 Å². The number of benzene rings is 1. The zero-order valence-corrected chi connectivity index (χ0v) is 6.26. The van der Waals surface area contributed by atoms with Crippen molar-refractivity contribution >= 4 is 21.6 Å². The van der Waals surface area contributed by atoms with Crippen molar-refractivity contribution in [1.29, 1.82) is 0 Å². The Bertz CT molecular complexity index is 202. The Morgan fingerprint density at radius 1 is 1.44 bits per heavy atom. The third-order valence-electron chi connectivity index (χ3n) is 0.985. The second-order valence-corrected chi connectivity index (χ2v) is 2.59. The predicted octanol–water partition coefficient (Wildman–Crippen LogP) is 1.14. The van der Waals surface area contributed by atoms with Crippen molar-refractivity contribution in [1.82, 2.24) is 0 Å². The van der Waals surface area contributed by atoms with Gasteiger partial charge in [0.15, 0.2) is 0 Å². The first-order valence-electron chi connectivity index (χ1n) is 2.53. The molecule has 0 fully saturated rings. The number of rotatable bonds is 1. The van der Waals surface area contributed by atoms with Gasteiger partial charge in [-0.25, -0.2) is 0 Å². The summed E-state index contributed by atoms with van der Waals surface area (Å²) in [5.74, 6) is 0. The van der Waals surface area contributed by atoms with Crippen LogP contribution in [0.5, 0.6) is 0 Å². The lowest BCUT2D eigenvalue weighted by Crippen LogP contribution is -2.70. The molecule has 1 aromatic rings. The van der Waals surface area contributed by atoms with Gasteiger partial charge in [0.25, 0.3) is 0 Å². The molecule has 2 nitrogen and oxygen atoms in total. The van der Waals surface area contributed by atoms with Crippen LogP contribution in [-0.4, -0.2) is 0 Å². The minimum Gasteiger partial charge on any atom is -0.630 e. The molecule has 0 saturated carbocycles. The van der Waals surface area contributed by atoms with Crippen LogP contribution >= 0.6 is 15.9 Å². The van der Waals surface area contributed by atoms with E-state index in [1.807, 2.05) is 12.1 Å². The highest BCUT2D eigenvalue weighted by atomic mass is 79.9. The monoisotopic (exact) mass is 187 g/mol. The topological polar surface area (TPSA) is 39.7 Å². The summed E-state index contributed by atoms with van der Waals surface area (Å²) in [7, 11) is 0. The van der Waals surface area contributed by atoms with Gasteiger partial charge in [-0.1, -0.05) is 22.0 Å². The van der Waals surface area contributed by atoms with Crippen molar-refractivity contribution < 1.29 is 5.48 Å². The first kappa shape index (κ1) is 6.74. The van der Waals surface area contributed by atoms with Gasteiger partial charge < -0.3 is 10.7 Å². The molecule has 0 aromatic heterocycles. The summed E-state index contributed by atoms with van der Waals surface area (Å²) in [5.41, 5.74) is 1.52. The Balaban J connectivity index is 2.94. The van der Waals surface area contributed by atoms with Crippen LogP contribution in [-0.2, 0) is 0 Å². The fraction of sp³-hybridized carbons (Fsp3) is 0. The molecular weight excluding hydrogens is 182 g/mol. The Kier molecular flexibility index (Phi) is 2.22. The lowest BCUT2D eigenvalue weighted by atomic mass is 10.3. The Hall–Kier alpha value is -0.380. The molecule has 0 atom stereocenters. The third-order valence-corrected chi connectivity index (χ3v) is 1.48. The SMILES string of the molecule is [O-][NH2+]c1cccc(Br)c1. The van der Waals surface area contributed by atoms with Crippen LogP contribution < -0.4 is 5.48 Å². The second kappa shape index (κ2) is 2.96. The van der Waals surface area contributed by atoms with Gasteiger partial charge in [0.2, 0.25) is 0 Å².